The third-order valence-corrected chi connectivity index (χ3v) is 3.85. The van der Waals surface area contributed by atoms with Crippen molar-refractivity contribution in [3.63, 3.8) is 0 Å². The average Bonchev–Trinajstić information content (AvgIpc) is 2.62. The van der Waals surface area contributed by atoms with Crippen molar-refractivity contribution >= 4 is 12.1 Å². The molecular formula is C22H27NO5. The van der Waals surface area contributed by atoms with Crippen molar-refractivity contribution in [3.8, 4) is 5.75 Å². The third kappa shape index (κ3) is 7.70. The number of nitrogens with one attached hydrogen (secondary N) is 1. The van der Waals surface area contributed by atoms with Crippen LogP contribution in [0.1, 0.15) is 31.9 Å². The summed E-state index contributed by atoms with van der Waals surface area (Å²) in [6.07, 6.45) is 0.211. The highest BCUT2D eigenvalue weighted by atomic mass is 16.6. The van der Waals surface area contributed by atoms with Crippen molar-refractivity contribution in [1.82, 2.24) is 5.32 Å². The number of alkyl carbamates (subject to hydrolysis) is 1. The summed E-state index contributed by atoms with van der Waals surface area (Å²) in [5.41, 5.74) is 1.29. The molecule has 0 aliphatic rings. The molecule has 0 aromatic heterocycles. The van der Waals surface area contributed by atoms with Crippen molar-refractivity contribution in [1.29, 1.82) is 0 Å². The van der Waals surface area contributed by atoms with E-state index in [1.807, 2.05) is 18.2 Å². The van der Waals surface area contributed by atoms with Gasteiger partial charge in [-0.2, -0.15) is 0 Å². The second-order valence-electron chi connectivity index (χ2n) is 7.47. The molecule has 0 radical (unpaired) electrons. The number of carboxylic acids is 1. The first-order chi connectivity index (χ1) is 13.2. The van der Waals surface area contributed by atoms with E-state index in [1.165, 1.54) is 5.56 Å². The number of ether oxygens (including phenoxy) is 2. The first kappa shape index (κ1) is 21.3. The number of amides is 1. The Hall–Kier alpha value is -3.02. The van der Waals surface area contributed by atoms with E-state index in [-0.39, 0.29) is 6.42 Å². The summed E-state index contributed by atoms with van der Waals surface area (Å²) in [6, 6.07) is 16.2. The maximum absolute atomic E-state index is 11.8. The lowest BCUT2D eigenvalue weighted by Crippen LogP contribution is -2.44. The standard InChI is InChI=1S/C22H27NO5/c1-22(2,3)28-21(26)23-19(20(24)25)15-17-9-11-18(12-10-17)27-14-13-16-7-5-4-6-8-16/h4-12,19H,13-15H2,1-3H3,(H,23,26)(H,24,25)/t19-/m0/s1. The monoisotopic (exact) mass is 385 g/mol. The Morgan fingerprint density at radius 1 is 1.00 bits per heavy atom. The van der Waals surface area contributed by atoms with Gasteiger partial charge in [0.2, 0.25) is 0 Å². The van der Waals surface area contributed by atoms with Gasteiger partial charge in [0.1, 0.15) is 17.4 Å². The van der Waals surface area contributed by atoms with Crippen molar-refractivity contribution in [2.75, 3.05) is 6.61 Å². The highest BCUT2D eigenvalue weighted by molar-refractivity contribution is 5.80. The van der Waals surface area contributed by atoms with Crippen molar-refractivity contribution in [2.24, 2.45) is 0 Å². The highest BCUT2D eigenvalue weighted by Crippen LogP contribution is 2.15. The van der Waals surface area contributed by atoms with E-state index in [1.54, 1.807) is 45.0 Å². The summed E-state index contributed by atoms with van der Waals surface area (Å²) in [4.78, 5) is 23.3. The number of carbonyl (C=O) groups is 2. The second-order valence-corrected chi connectivity index (χ2v) is 7.47. The van der Waals surface area contributed by atoms with Crippen LogP contribution in [0.2, 0.25) is 0 Å². The Morgan fingerprint density at radius 2 is 1.64 bits per heavy atom. The SMILES string of the molecule is CC(C)(C)OC(=O)N[C@@H](Cc1ccc(OCCc2ccccc2)cc1)C(=O)O. The molecule has 6 nitrogen and oxygen atoms in total. The summed E-state index contributed by atoms with van der Waals surface area (Å²) < 4.78 is 10.9. The average molecular weight is 385 g/mol. The van der Waals surface area contributed by atoms with Crippen LogP contribution in [0.3, 0.4) is 0 Å². The van der Waals surface area contributed by atoms with Gasteiger partial charge in [0.25, 0.3) is 0 Å². The Labute approximate surface area is 165 Å². The fourth-order valence-corrected chi connectivity index (χ4v) is 2.54. The molecule has 1 atom stereocenters. The lowest BCUT2D eigenvalue weighted by Gasteiger charge is -2.22. The maximum Gasteiger partial charge on any atom is 0.408 e. The second kappa shape index (κ2) is 9.78. The van der Waals surface area contributed by atoms with Gasteiger partial charge in [-0.15, -0.1) is 0 Å². The molecule has 150 valence electrons. The van der Waals surface area contributed by atoms with Gasteiger partial charge in [0.05, 0.1) is 6.61 Å². The van der Waals surface area contributed by atoms with Crippen LogP contribution in [0.4, 0.5) is 4.79 Å². The van der Waals surface area contributed by atoms with Crippen LogP contribution in [0.15, 0.2) is 54.6 Å². The first-order valence-electron chi connectivity index (χ1n) is 9.21. The fraction of sp³-hybridized carbons (Fsp3) is 0.364. The largest absolute Gasteiger partial charge is 0.493 e. The van der Waals surface area contributed by atoms with Gasteiger partial charge in [0, 0.05) is 12.8 Å². The molecule has 0 fully saturated rings. The van der Waals surface area contributed by atoms with Crippen LogP contribution in [0.5, 0.6) is 5.75 Å². The van der Waals surface area contributed by atoms with E-state index < -0.39 is 23.7 Å². The number of carbonyl (C=O) groups excluding carboxylic acids is 1. The van der Waals surface area contributed by atoms with Crippen molar-refractivity contribution < 1.29 is 24.2 Å². The molecule has 2 N–H and O–H groups in total. The number of benzene rings is 2. The van der Waals surface area contributed by atoms with Crippen LogP contribution in [0, 0.1) is 0 Å². The first-order valence-corrected chi connectivity index (χ1v) is 9.21. The van der Waals surface area contributed by atoms with Gasteiger partial charge in [0.15, 0.2) is 0 Å². The molecule has 0 saturated heterocycles. The van der Waals surface area contributed by atoms with Crippen molar-refractivity contribution in [3.05, 3.63) is 65.7 Å². The number of aliphatic carboxylic acids is 1. The predicted molar refractivity (Wildman–Crippen MR) is 107 cm³/mol. The molecule has 0 spiro atoms. The molecule has 0 bridgehead atoms. The van der Waals surface area contributed by atoms with Gasteiger partial charge in [-0.25, -0.2) is 9.59 Å². The fourth-order valence-electron chi connectivity index (χ4n) is 2.54. The van der Waals surface area contributed by atoms with Crippen LogP contribution < -0.4 is 10.1 Å². The molecule has 1 amide bonds. The minimum Gasteiger partial charge on any atom is -0.493 e. The van der Waals surface area contributed by atoms with Gasteiger partial charge >= 0.3 is 12.1 Å². The molecule has 0 saturated carbocycles. The number of hydrogen-bond donors (Lipinski definition) is 2. The lowest BCUT2D eigenvalue weighted by atomic mass is 10.1. The molecular weight excluding hydrogens is 358 g/mol. The lowest BCUT2D eigenvalue weighted by molar-refractivity contribution is -0.139. The zero-order chi connectivity index (χ0) is 20.6. The van der Waals surface area contributed by atoms with E-state index in [0.717, 1.165) is 12.0 Å². The summed E-state index contributed by atoms with van der Waals surface area (Å²) in [5, 5.41) is 11.8. The van der Waals surface area contributed by atoms with E-state index in [4.69, 9.17) is 9.47 Å². The van der Waals surface area contributed by atoms with Crippen molar-refractivity contribution in [2.45, 2.75) is 45.3 Å². The molecule has 0 heterocycles. The highest BCUT2D eigenvalue weighted by Gasteiger charge is 2.24. The maximum atomic E-state index is 11.8. The van der Waals surface area contributed by atoms with Gasteiger partial charge in [-0.1, -0.05) is 42.5 Å². The summed E-state index contributed by atoms with van der Waals surface area (Å²) in [5.74, 6) is -0.402. The van der Waals surface area contributed by atoms with Gasteiger partial charge in [-0.05, 0) is 44.0 Å². The smallest absolute Gasteiger partial charge is 0.408 e. The van der Waals surface area contributed by atoms with Gasteiger partial charge < -0.3 is 19.9 Å². The molecule has 0 aliphatic carbocycles. The molecule has 2 aromatic rings. The zero-order valence-corrected chi connectivity index (χ0v) is 16.5. The zero-order valence-electron chi connectivity index (χ0n) is 16.5. The Kier molecular flexibility index (Phi) is 7.44. The minimum atomic E-state index is -1.12. The summed E-state index contributed by atoms with van der Waals surface area (Å²) in [7, 11) is 0. The Bertz CT molecular complexity index is 766. The van der Waals surface area contributed by atoms with Crippen LogP contribution >= 0.6 is 0 Å². The molecule has 0 aliphatic heterocycles. The predicted octanol–water partition coefficient (Wildman–Crippen LogP) is 3.83. The van der Waals surface area contributed by atoms with E-state index >= 15 is 0 Å². The Balaban J connectivity index is 1.86. The minimum absolute atomic E-state index is 0.152. The molecule has 6 heteroatoms. The molecule has 28 heavy (non-hydrogen) atoms. The quantitative estimate of drug-likeness (QED) is 0.721. The third-order valence-electron chi connectivity index (χ3n) is 3.85. The van der Waals surface area contributed by atoms with E-state index in [9.17, 15) is 14.7 Å². The normalized spacial score (nSPS) is 12.1. The van der Waals surface area contributed by atoms with Crippen LogP contribution in [-0.2, 0) is 22.4 Å². The number of carboxylic acid groups (broad SMARTS) is 1. The Morgan fingerprint density at radius 3 is 2.21 bits per heavy atom. The van der Waals surface area contributed by atoms with Crippen LogP contribution in [-0.4, -0.2) is 35.4 Å². The summed E-state index contributed by atoms with van der Waals surface area (Å²) in [6.45, 7) is 5.72. The molecule has 2 aromatic carbocycles. The molecule has 2 rings (SSSR count). The van der Waals surface area contributed by atoms with E-state index in [2.05, 4.69) is 17.4 Å². The number of hydrogen-bond acceptors (Lipinski definition) is 4. The molecule has 0 unspecified atom stereocenters. The van der Waals surface area contributed by atoms with Crippen LogP contribution in [0.25, 0.3) is 0 Å². The topological polar surface area (TPSA) is 84.9 Å². The summed E-state index contributed by atoms with van der Waals surface area (Å²) >= 11 is 0. The van der Waals surface area contributed by atoms with Gasteiger partial charge in [-0.3, -0.25) is 0 Å². The van der Waals surface area contributed by atoms with E-state index in [0.29, 0.717) is 12.4 Å². The number of rotatable bonds is 8.